The number of aryl methyl sites for hydroxylation is 1. The Morgan fingerprint density at radius 1 is 1.40 bits per heavy atom. The van der Waals surface area contributed by atoms with E-state index in [1.54, 1.807) is 23.6 Å². The molecule has 78 valence electrons. The van der Waals surface area contributed by atoms with Gasteiger partial charge in [-0.2, -0.15) is 0 Å². The van der Waals surface area contributed by atoms with Crippen molar-refractivity contribution >= 4 is 43.9 Å². The number of anilines is 3. The van der Waals surface area contributed by atoms with Gasteiger partial charge in [0.15, 0.2) is 10.9 Å². The first kappa shape index (κ1) is 10.4. The van der Waals surface area contributed by atoms with Gasteiger partial charge in [0.05, 0.1) is 5.69 Å². The number of pyridine rings is 1. The van der Waals surface area contributed by atoms with Gasteiger partial charge in [0.1, 0.15) is 0 Å². The van der Waals surface area contributed by atoms with Gasteiger partial charge in [0, 0.05) is 21.7 Å². The van der Waals surface area contributed by atoms with E-state index in [1.165, 1.54) is 0 Å². The van der Waals surface area contributed by atoms with Crippen LogP contribution in [0.5, 0.6) is 0 Å². The average Bonchev–Trinajstić information content (AvgIpc) is 2.56. The predicted molar refractivity (Wildman–Crippen MR) is 66.5 cm³/mol. The zero-order valence-electron chi connectivity index (χ0n) is 7.99. The maximum Gasteiger partial charge on any atom is 0.188 e. The van der Waals surface area contributed by atoms with Crippen LogP contribution in [0.4, 0.5) is 16.6 Å². The molecule has 0 saturated heterocycles. The number of nitrogen functional groups attached to an aromatic ring is 1. The van der Waals surface area contributed by atoms with Crippen molar-refractivity contribution in [3.63, 3.8) is 0 Å². The summed E-state index contributed by atoms with van der Waals surface area (Å²) in [5, 5.41) is 3.87. The van der Waals surface area contributed by atoms with Crippen LogP contribution in [0.3, 0.4) is 0 Å². The molecule has 2 aromatic heterocycles. The minimum absolute atomic E-state index is 0.595. The fraction of sp³-hybridized carbons (Fsp3) is 0.111. The summed E-state index contributed by atoms with van der Waals surface area (Å²) >= 11 is 4.87. The molecule has 0 aromatic carbocycles. The summed E-state index contributed by atoms with van der Waals surface area (Å²) in [5.74, 6) is 0.632. The number of thiazole rings is 1. The van der Waals surface area contributed by atoms with Crippen molar-refractivity contribution in [2.24, 2.45) is 0 Å². The van der Waals surface area contributed by atoms with Crippen LogP contribution in [0.2, 0.25) is 0 Å². The first-order chi connectivity index (χ1) is 7.15. The quantitative estimate of drug-likeness (QED) is 0.890. The molecule has 3 N–H and O–H groups in total. The second kappa shape index (κ2) is 4.16. The van der Waals surface area contributed by atoms with Crippen LogP contribution in [0.15, 0.2) is 22.9 Å². The van der Waals surface area contributed by atoms with Gasteiger partial charge in [-0.25, -0.2) is 9.97 Å². The molecule has 0 aliphatic rings. The molecule has 0 spiro atoms. The fourth-order valence-corrected chi connectivity index (χ4v) is 2.09. The number of nitrogens with one attached hydrogen (secondary N) is 1. The number of nitrogens with zero attached hydrogens (tertiary/aromatic N) is 2. The molecule has 0 amide bonds. The highest BCUT2D eigenvalue weighted by Gasteiger charge is 2.04. The summed E-state index contributed by atoms with van der Waals surface area (Å²) in [7, 11) is 0. The molecule has 4 nitrogen and oxygen atoms in total. The normalized spacial score (nSPS) is 10.3. The molecule has 0 saturated carbocycles. The lowest BCUT2D eigenvalue weighted by Crippen LogP contribution is -1.98. The lowest BCUT2D eigenvalue weighted by molar-refractivity contribution is 1.27. The third-order valence-corrected chi connectivity index (χ3v) is 2.99. The van der Waals surface area contributed by atoms with Crippen LogP contribution in [0.25, 0.3) is 0 Å². The third-order valence-electron chi connectivity index (χ3n) is 1.73. The van der Waals surface area contributed by atoms with Gasteiger partial charge in [-0.05, 0) is 28.9 Å². The summed E-state index contributed by atoms with van der Waals surface area (Å²) < 4.78 is 0.862. The molecule has 0 aliphatic heterocycles. The van der Waals surface area contributed by atoms with E-state index in [1.807, 2.05) is 13.1 Å². The van der Waals surface area contributed by atoms with Gasteiger partial charge in [0.2, 0.25) is 0 Å². The Balaban J connectivity index is 2.24. The molecule has 6 heteroatoms. The second-order valence-corrected chi connectivity index (χ2v) is 5.14. The maximum absolute atomic E-state index is 5.80. The second-order valence-electron chi connectivity index (χ2n) is 2.99. The lowest BCUT2D eigenvalue weighted by atomic mass is 10.4. The first-order valence-electron chi connectivity index (χ1n) is 4.25. The molecule has 2 rings (SSSR count). The van der Waals surface area contributed by atoms with Gasteiger partial charge in [0.25, 0.3) is 0 Å². The largest absolute Gasteiger partial charge is 0.396 e. The smallest absolute Gasteiger partial charge is 0.188 e. The SMILES string of the molecule is Cc1cnc(Nc2ncc(Br)cc2N)s1. The van der Waals surface area contributed by atoms with Crippen LogP contribution >= 0.6 is 27.3 Å². The monoisotopic (exact) mass is 284 g/mol. The predicted octanol–water partition coefficient (Wildman–Crippen LogP) is 2.93. The van der Waals surface area contributed by atoms with Crippen LogP contribution in [-0.2, 0) is 0 Å². The van der Waals surface area contributed by atoms with Crippen molar-refractivity contribution in [3.8, 4) is 0 Å². The maximum atomic E-state index is 5.80. The summed E-state index contributed by atoms with van der Waals surface area (Å²) in [6.45, 7) is 2.00. The highest BCUT2D eigenvalue weighted by molar-refractivity contribution is 9.10. The molecule has 0 unspecified atom stereocenters. The van der Waals surface area contributed by atoms with Crippen molar-refractivity contribution in [1.29, 1.82) is 0 Å². The fourth-order valence-electron chi connectivity index (χ4n) is 1.07. The van der Waals surface area contributed by atoms with E-state index in [-0.39, 0.29) is 0 Å². The van der Waals surface area contributed by atoms with Crippen molar-refractivity contribution in [2.75, 3.05) is 11.1 Å². The lowest BCUT2D eigenvalue weighted by Gasteiger charge is -2.04. The molecule has 2 aromatic rings. The molecule has 0 atom stereocenters. The van der Waals surface area contributed by atoms with Crippen LogP contribution in [0.1, 0.15) is 4.88 Å². The van der Waals surface area contributed by atoms with E-state index in [9.17, 15) is 0 Å². The Labute approximate surface area is 99.7 Å². The van der Waals surface area contributed by atoms with E-state index >= 15 is 0 Å². The van der Waals surface area contributed by atoms with Gasteiger partial charge < -0.3 is 11.1 Å². The first-order valence-corrected chi connectivity index (χ1v) is 5.86. The molecule has 0 aliphatic carbocycles. The Morgan fingerprint density at radius 3 is 2.80 bits per heavy atom. The van der Waals surface area contributed by atoms with Crippen molar-refractivity contribution in [1.82, 2.24) is 9.97 Å². The number of nitrogens with two attached hydrogens (primary N) is 1. The highest BCUT2D eigenvalue weighted by Crippen LogP contribution is 2.25. The number of rotatable bonds is 2. The minimum Gasteiger partial charge on any atom is -0.396 e. The average molecular weight is 285 g/mol. The molecule has 0 radical (unpaired) electrons. The summed E-state index contributed by atoms with van der Waals surface area (Å²) in [6.07, 6.45) is 3.50. The minimum atomic E-state index is 0.595. The molecular formula is C9H9BrN4S. The Hall–Kier alpha value is -1.14. The van der Waals surface area contributed by atoms with Gasteiger partial charge >= 0.3 is 0 Å². The summed E-state index contributed by atoms with van der Waals surface area (Å²) in [6, 6.07) is 1.80. The number of hydrogen-bond acceptors (Lipinski definition) is 5. The topological polar surface area (TPSA) is 63.8 Å². The number of hydrogen-bond donors (Lipinski definition) is 2. The Morgan fingerprint density at radius 2 is 2.20 bits per heavy atom. The van der Waals surface area contributed by atoms with Gasteiger partial charge in [-0.15, -0.1) is 11.3 Å². The van der Waals surface area contributed by atoms with E-state index in [0.29, 0.717) is 11.5 Å². The van der Waals surface area contributed by atoms with Crippen LogP contribution in [-0.4, -0.2) is 9.97 Å². The van der Waals surface area contributed by atoms with Crippen LogP contribution in [0, 0.1) is 6.92 Å². The van der Waals surface area contributed by atoms with E-state index in [4.69, 9.17) is 5.73 Å². The molecule has 15 heavy (non-hydrogen) atoms. The van der Waals surface area contributed by atoms with E-state index in [2.05, 4.69) is 31.2 Å². The Bertz CT molecular complexity index is 483. The third kappa shape index (κ3) is 2.45. The zero-order chi connectivity index (χ0) is 10.8. The number of aromatic nitrogens is 2. The summed E-state index contributed by atoms with van der Waals surface area (Å²) in [4.78, 5) is 9.49. The van der Waals surface area contributed by atoms with Crippen molar-refractivity contribution in [2.45, 2.75) is 6.92 Å². The number of halogens is 1. The van der Waals surface area contributed by atoms with Crippen LogP contribution < -0.4 is 11.1 Å². The standard InChI is InChI=1S/C9H9BrN4S/c1-5-3-13-9(15-5)14-8-7(11)2-6(10)4-12-8/h2-4H,11H2,1H3,(H,12,13,14). The van der Waals surface area contributed by atoms with Gasteiger partial charge in [-0.3, -0.25) is 0 Å². The van der Waals surface area contributed by atoms with Crippen molar-refractivity contribution in [3.05, 3.63) is 27.8 Å². The highest BCUT2D eigenvalue weighted by atomic mass is 79.9. The van der Waals surface area contributed by atoms with Crippen molar-refractivity contribution < 1.29 is 0 Å². The Kier molecular flexibility index (Phi) is 2.88. The zero-order valence-corrected chi connectivity index (χ0v) is 10.4. The molecule has 0 bridgehead atoms. The van der Waals surface area contributed by atoms with E-state index in [0.717, 1.165) is 14.5 Å². The molecular weight excluding hydrogens is 276 g/mol. The van der Waals surface area contributed by atoms with Gasteiger partial charge in [-0.1, -0.05) is 0 Å². The summed E-state index contributed by atoms with van der Waals surface area (Å²) in [5.41, 5.74) is 6.39. The molecule has 2 heterocycles. The molecule has 0 fully saturated rings. The van der Waals surface area contributed by atoms with E-state index < -0.39 is 0 Å².